The third-order valence-electron chi connectivity index (χ3n) is 7.95. The number of methoxy groups -OCH3 is 1. The number of nitrogens with zero attached hydrogens (tertiary/aromatic N) is 5. The van der Waals surface area contributed by atoms with Gasteiger partial charge in [-0.3, -0.25) is 14.0 Å². The molecule has 2 aliphatic rings. The van der Waals surface area contributed by atoms with Crippen LogP contribution < -0.4 is 15.8 Å². The maximum Gasteiger partial charge on any atom is 0.256 e. The first-order valence-corrected chi connectivity index (χ1v) is 13.8. The van der Waals surface area contributed by atoms with Crippen LogP contribution in [0.5, 0.6) is 5.75 Å². The molecule has 40 heavy (non-hydrogen) atoms. The molecule has 10 nitrogen and oxygen atoms in total. The number of fused-ring (bicyclic) bond motifs is 2. The minimum Gasteiger partial charge on any atom is -0.496 e. The fourth-order valence-electron chi connectivity index (χ4n) is 5.85. The van der Waals surface area contributed by atoms with E-state index in [1.54, 1.807) is 31.5 Å². The van der Waals surface area contributed by atoms with Gasteiger partial charge in [0.2, 0.25) is 5.91 Å². The Kier molecular flexibility index (Phi) is 6.79. The summed E-state index contributed by atoms with van der Waals surface area (Å²) in [6.07, 6.45) is 7.34. The highest BCUT2D eigenvalue weighted by molar-refractivity contribution is 6.30. The number of hydrogen-bond acceptors (Lipinski definition) is 7. The van der Waals surface area contributed by atoms with E-state index in [2.05, 4.69) is 15.3 Å². The second-order valence-electron chi connectivity index (χ2n) is 10.3. The highest BCUT2D eigenvalue weighted by Crippen LogP contribution is 2.41. The number of imidazole rings is 1. The van der Waals surface area contributed by atoms with E-state index in [0.717, 1.165) is 37.1 Å². The van der Waals surface area contributed by atoms with E-state index in [4.69, 9.17) is 27.1 Å². The van der Waals surface area contributed by atoms with E-state index in [1.165, 1.54) is 6.20 Å². The fraction of sp³-hybridized carbons (Fsp3) is 0.345. The van der Waals surface area contributed by atoms with Gasteiger partial charge < -0.3 is 20.7 Å². The quantitative estimate of drug-likeness (QED) is 0.350. The van der Waals surface area contributed by atoms with Gasteiger partial charge in [0.25, 0.3) is 5.91 Å². The number of carbonyl (C=O) groups excluding carboxylic acids is 2. The Bertz CT molecular complexity index is 1640. The molecule has 5 heterocycles. The highest BCUT2D eigenvalue weighted by Gasteiger charge is 2.38. The minimum atomic E-state index is -0.308. The van der Waals surface area contributed by atoms with Crippen LogP contribution in [0.2, 0.25) is 5.15 Å². The van der Waals surface area contributed by atoms with Crippen LogP contribution in [-0.4, -0.2) is 55.8 Å². The summed E-state index contributed by atoms with van der Waals surface area (Å²) in [5.74, 6) is 1.81. The van der Waals surface area contributed by atoms with Crippen LogP contribution in [0.4, 0.5) is 11.6 Å². The number of piperidine rings is 1. The standard InChI is InChI=1S/C29H30ClN7O3/c1-3-16-10-11-32-23(12-16)34-29(39)17-5-8-20(21(13-17)40-2)25-26-27(31)33-14-22(30)37(26)28(35-25)18-4-6-19-7-9-24(38)36(19)15-18/h5,8,10-14,18-19H,3-4,6-7,9,15H2,1-2H3,(H2,31,33)(H,32,34,39). The third-order valence-corrected chi connectivity index (χ3v) is 8.21. The molecular weight excluding hydrogens is 530 g/mol. The SMILES string of the molecule is CCc1ccnc(NC(=O)c2ccc(-c3nc(C4CCC5CCC(=O)N5C4)n4c(Cl)cnc(N)c34)c(OC)c2)c1. The summed E-state index contributed by atoms with van der Waals surface area (Å²) in [4.78, 5) is 41.1. The molecule has 11 heteroatoms. The number of nitrogen functional groups attached to an aromatic ring is 1. The van der Waals surface area contributed by atoms with Crippen LogP contribution >= 0.6 is 11.6 Å². The predicted molar refractivity (Wildman–Crippen MR) is 153 cm³/mol. The first kappa shape index (κ1) is 26.1. The number of rotatable bonds is 6. The topological polar surface area (TPSA) is 128 Å². The van der Waals surface area contributed by atoms with E-state index in [-0.39, 0.29) is 23.6 Å². The largest absolute Gasteiger partial charge is 0.496 e. The van der Waals surface area contributed by atoms with Gasteiger partial charge in [-0.05, 0) is 61.6 Å². The van der Waals surface area contributed by atoms with E-state index >= 15 is 0 Å². The van der Waals surface area contributed by atoms with Gasteiger partial charge in [0, 0.05) is 42.2 Å². The molecule has 0 bridgehead atoms. The zero-order chi connectivity index (χ0) is 28.0. The van der Waals surface area contributed by atoms with E-state index in [9.17, 15) is 9.59 Å². The summed E-state index contributed by atoms with van der Waals surface area (Å²) < 4.78 is 7.56. The molecule has 3 N–H and O–H groups in total. The van der Waals surface area contributed by atoms with Gasteiger partial charge in [-0.1, -0.05) is 18.5 Å². The third kappa shape index (κ3) is 4.52. The number of nitrogens with one attached hydrogen (secondary N) is 1. The second-order valence-corrected chi connectivity index (χ2v) is 10.6. The molecule has 0 saturated carbocycles. The Morgan fingerprint density at radius 1 is 1.20 bits per heavy atom. The number of benzene rings is 1. The van der Waals surface area contributed by atoms with Crippen molar-refractivity contribution in [1.29, 1.82) is 0 Å². The number of pyridine rings is 1. The molecule has 2 aliphatic heterocycles. The average molecular weight is 560 g/mol. The molecule has 206 valence electrons. The maximum atomic E-state index is 13.1. The van der Waals surface area contributed by atoms with Gasteiger partial charge in [-0.15, -0.1) is 0 Å². The van der Waals surface area contributed by atoms with Crippen molar-refractivity contribution in [1.82, 2.24) is 24.3 Å². The Hall–Kier alpha value is -4.18. The molecule has 2 atom stereocenters. The molecule has 2 fully saturated rings. The Morgan fingerprint density at radius 3 is 2.85 bits per heavy atom. The van der Waals surface area contributed by atoms with E-state index < -0.39 is 0 Å². The van der Waals surface area contributed by atoms with Gasteiger partial charge in [0.05, 0.1) is 13.3 Å². The van der Waals surface area contributed by atoms with Gasteiger partial charge in [-0.2, -0.15) is 0 Å². The van der Waals surface area contributed by atoms with Crippen molar-refractivity contribution in [2.75, 3.05) is 24.7 Å². The summed E-state index contributed by atoms with van der Waals surface area (Å²) in [6.45, 7) is 2.63. The number of carbonyl (C=O) groups is 2. The van der Waals surface area contributed by atoms with Crippen LogP contribution in [-0.2, 0) is 11.2 Å². The highest BCUT2D eigenvalue weighted by atomic mass is 35.5. The monoisotopic (exact) mass is 559 g/mol. The van der Waals surface area contributed by atoms with Crippen LogP contribution in [0.1, 0.15) is 60.3 Å². The van der Waals surface area contributed by atoms with Crippen molar-refractivity contribution in [3.05, 3.63) is 64.8 Å². The van der Waals surface area contributed by atoms with Crippen LogP contribution in [0.25, 0.3) is 16.8 Å². The molecule has 3 aromatic heterocycles. The number of anilines is 2. The Morgan fingerprint density at radius 2 is 2.05 bits per heavy atom. The van der Waals surface area contributed by atoms with Crippen LogP contribution in [0, 0.1) is 0 Å². The van der Waals surface area contributed by atoms with Gasteiger partial charge >= 0.3 is 0 Å². The summed E-state index contributed by atoms with van der Waals surface area (Å²) in [5.41, 5.74) is 9.63. The number of nitrogens with two attached hydrogens (primary N) is 1. The molecule has 2 unspecified atom stereocenters. The van der Waals surface area contributed by atoms with E-state index in [0.29, 0.717) is 58.1 Å². The Labute approximate surface area is 236 Å². The average Bonchev–Trinajstić information content (AvgIpc) is 3.56. The van der Waals surface area contributed by atoms with Crippen molar-refractivity contribution in [2.24, 2.45) is 0 Å². The normalized spacial score (nSPS) is 18.7. The number of hydrogen-bond donors (Lipinski definition) is 2. The molecule has 6 rings (SSSR count). The van der Waals surface area contributed by atoms with Crippen molar-refractivity contribution < 1.29 is 14.3 Å². The summed E-state index contributed by atoms with van der Waals surface area (Å²) >= 11 is 6.67. The van der Waals surface area contributed by atoms with Crippen molar-refractivity contribution >= 4 is 40.6 Å². The molecule has 2 amide bonds. The first-order chi connectivity index (χ1) is 19.4. The van der Waals surface area contributed by atoms with Crippen LogP contribution in [0.3, 0.4) is 0 Å². The van der Waals surface area contributed by atoms with Gasteiger partial charge in [-0.25, -0.2) is 15.0 Å². The molecule has 0 radical (unpaired) electrons. The predicted octanol–water partition coefficient (Wildman–Crippen LogP) is 4.72. The molecule has 0 spiro atoms. The molecule has 1 aromatic carbocycles. The summed E-state index contributed by atoms with van der Waals surface area (Å²) in [5, 5.41) is 3.23. The lowest BCUT2D eigenvalue weighted by Crippen LogP contribution is -2.41. The first-order valence-electron chi connectivity index (χ1n) is 13.4. The molecule has 2 saturated heterocycles. The minimum absolute atomic E-state index is 0.0127. The van der Waals surface area contributed by atoms with Gasteiger partial charge in [0.15, 0.2) is 0 Å². The number of amides is 2. The lowest BCUT2D eigenvalue weighted by Gasteiger charge is -2.34. The van der Waals surface area contributed by atoms with Crippen molar-refractivity contribution in [2.45, 2.75) is 51.0 Å². The number of aromatic nitrogens is 4. The molecular formula is C29H30ClN7O3. The summed E-state index contributed by atoms with van der Waals surface area (Å²) in [7, 11) is 1.54. The van der Waals surface area contributed by atoms with Crippen LogP contribution in [0.15, 0.2) is 42.7 Å². The second kappa shape index (κ2) is 10.4. The number of ether oxygens (including phenoxy) is 1. The number of aryl methyl sites for hydroxylation is 1. The summed E-state index contributed by atoms with van der Waals surface area (Å²) in [6, 6.07) is 9.24. The molecule has 4 aromatic rings. The zero-order valence-corrected chi connectivity index (χ0v) is 23.1. The lowest BCUT2D eigenvalue weighted by molar-refractivity contribution is -0.130. The zero-order valence-electron chi connectivity index (χ0n) is 22.4. The van der Waals surface area contributed by atoms with Gasteiger partial charge in [0.1, 0.15) is 39.6 Å². The Balaban J connectivity index is 1.39. The van der Waals surface area contributed by atoms with Crippen molar-refractivity contribution in [3.8, 4) is 17.0 Å². The van der Waals surface area contributed by atoms with Crippen molar-refractivity contribution in [3.63, 3.8) is 0 Å². The maximum absolute atomic E-state index is 13.1. The fourth-order valence-corrected chi connectivity index (χ4v) is 6.07. The smallest absolute Gasteiger partial charge is 0.256 e. The number of halogens is 1. The van der Waals surface area contributed by atoms with E-state index in [1.807, 2.05) is 28.4 Å². The lowest BCUT2D eigenvalue weighted by atomic mass is 9.92. The molecule has 0 aliphatic carbocycles.